The van der Waals surface area contributed by atoms with Gasteiger partial charge in [0, 0.05) is 12.5 Å². The van der Waals surface area contributed by atoms with E-state index in [9.17, 15) is 9.18 Å². The molecule has 3 nitrogen and oxygen atoms in total. The number of halogens is 2. The Morgan fingerprint density at radius 1 is 1.14 bits per heavy atom. The van der Waals surface area contributed by atoms with E-state index in [1.165, 1.54) is 24.3 Å². The van der Waals surface area contributed by atoms with Gasteiger partial charge in [0.25, 0.3) is 5.82 Å². The summed E-state index contributed by atoms with van der Waals surface area (Å²) in [5, 5.41) is 0. The first-order chi connectivity index (χ1) is 10.1. The molecule has 0 saturated carbocycles. The molecule has 0 radical (unpaired) electrons. The zero-order valence-electron chi connectivity index (χ0n) is 12.4. The summed E-state index contributed by atoms with van der Waals surface area (Å²) in [6.07, 6.45) is 0. The van der Waals surface area contributed by atoms with Crippen molar-refractivity contribution in [3.8, 4) is 0 Å². The maximum absolute atomic E-state index is 12.9. The van der Waals surface area contributed by atoms with Gasteiger partial charge in [0.1, 0.15) is 5.82 Å². The molecule has 22 heavy (non-hydrogen) atoms. The number of hydrogen-bond acceptors (Lipinski definition) is 1. The van der Waals surface area contributed by atoms with Gasteiger partial charge in [-0.05, 0) is 36.4 Å². The van der Waals surface area contributed by atoms with E-state index >= 15 is 0 Å². The van der Waals surface area contributed by atoms with E-state index in [0.29, 0.717) is 5.56 Å². The van der Waals surface area contributed by atoms with E-state index in [0.717, 1.165) is 16.9 Å². The number of aryl methyl sites for hydroxylation is 1. The Hall–Kier alpha value is -2.01. The number of imidazole rings is 1. The van der Waals surface area contributed by atoms with Crippen molar-refractivity contribution in [2.24, 2.45) is 7.05 Å². The molecule has 3 aromatic rings. The minimum absolute atomic E-state index is 0. The summed E-state index contributed by atoms with van der Waals surface area (Å²) in [6.45, 7) is 2.23. The van der Waals surface area contributed by atoms with Crippen LogP contribution in [0.5, 0.6) is 0 Å². The molecule has 2 aromatic carbocycles. The minimum Gasteiger partial charge on any atom is -0.290 e. The molecule has 0 atom stereocenters. The molecular weight excluding hydrogens is 347 g/mol. The zero-order valence-corrected chi connectivity index (χ0v) is 14.1. The van der Waals surface area contributed by atoms with Crippen molar-refractivity contribution in [1.82, 2.24) is 4.57 Å². The third-order valence-corrected chi connectivity index (χ3v) is 3.88. The van der Waals surface area contributed by atoms with Crippen LogP contribution < -0.4 is 4.57 Å². The number of para-hydroxylation sites is 2. The van der Waals surface area contributed by atoms with Crippen molar-refractivity contribution in [3.63, 3.8) is 0 Å². The lowest BCUT2D eigenvalue weighted by Gasteiger charge is -2.01. The second-order valence-corrected chi connectivity index (χ2v) is 5.11. The lowest BCUT2D eigenvalue weighted by Crippen LogP contribution is -2.31. The van der Waals surface area contributed by atoms with Crippen LogP contribution in [0.2, 0.25) is 0 Å². The van der Waals surface area contributed by atoms with Gasteiger partial charge in [0.05, 0.1) is 7.05 Å². The number of aromatic nitrogens is 2. The third-order valence-electron chi connectivity index (χ3n) is 3.88. The van der Waals surface area contributed by atoms with Crippen molar-refractivity contribution in [2.75, 3.05) is 0 Å². The van der Waals surface area contributed by atoms with Crippen molar-refractivity contribution in [1.29, 1.82) is 0 Å². The van der Waals surface area contributed by atoms with Crippen LogP contribution in [0, 0.1) is 12.7 Å². The van der Waals surface area contributed by atoms with Gasteiger partial charge >= 0.3 is 0 Å². The highest BCUT2D eigenvalue weighted by Crippen LogP contribution is 2.15. The highest BCUT2D eigenvalue weighted by molar-refractivity contribution is 8.93. The Morgan fingerprint density at radius 3 is 2.45 bits per heavy atom. The van der Waals surface area contributed by atoms with Crippen LogP contribution in [0.15, 0.2) is 48.5 Å². The quantitative estimate of drug-likeness (QED) is 0.517. The van der Waals surface area contributed by atoms with Crippen LogP contribution in [-0.4, -0.2) is 10.4 Å². The predicted molar refractivity (Wildman–Crippen MR) is 88.9 cm³/mol. The maximum atomic E-state index is 12.9. The van der Waals surface area contributed by atoms with Crippen LogP contribution in [0.25, 0.3) is 11.0 Å². The van der Waals surface area contributed by atoms with E-state index in [2.05, 4.69) is 4.57 Å². The smallest absolute Gasteiger partial charge is 0.254 e. The monoisotopic (exact) mass is 363 g/mol. The molecule has 5 heteroatoms. The molecule has 1 heterocycles. The molecule has 0 fully saturated rings. The van der Waals surface area contributed by atoms with E-state index in [4.69, 9.17) is 0 Å². The molecule has 3 rings (SSSR count). The fourth-order valence-electron chi connectivity index (χ4n) is 2.58. The summed E-state index contributed by atoms with van der Waals surface area (Å²) >= 11 is 0. The molecule has 0 spiro atoms. The number of benzene rings is 2. The van der Waals surface area contributed by atoms with Crippen molar-refractivity contribution < 1.29 is 13.8 Å². The summed E-state index contributed by atoms with van der Waals surface area (Å²) in [6, 6.07) is 13.6. The van der Waals surface area contributed by atoms with E-state index in [1.54, 1.807) is 0 Å². The third kappa shape index (κ3) is 2.81. The number of rotatable bonds is 3. The minimum atomic E-state index is -0.333. The molecule has 0 aliphatic heterocycles. The molecule has 0 unspecified atom stereocenters. The number of ketones is 1. The summed E-state index contributed by atoms with van der Waals surface area (Å²) in [5.41, 5.74) is 2.63. The van der Waals surface area contributed by atoms with Gasteiger partial charge < -0.3 is 0 Å². The van der Waals surface area contributed by atoms with Crippen LogP contribution in [0.3, 0.4) is 0 Å². The number of Topliss-reactive ketones (excluding diaryl/α,β-unsaturated/α-hetero) is 1. The fraction of sp³-hybridized carbons (Fsp3) is 0.176. The summed E-state index contributed by atoms with van der Waals surface area (Å²) in [7, 11) is 1.98. The Morgan fingerprint density at radius 2 is 1.77 bits per heavy atom. The number of nitrogens with zero attached hydrogens (tertiary/aromatic N) is 2. The Balaban J connectivity index is 0.00000176. The topological polar surface area (TPSA) is 25.9 Å². The lowest BCUT2D eigenvalue weighted by molar-refractivity contribution is -0.652. The fourth-order valence-corrected chi connectivity index (χ4v) is 2.58. The molecule has 1 aromatic heterocycles. The van der Waals surface area contributed by atoms with Crippen molar-refractivity contribution in [2.45, 2.75) is 13.5 Å². The number of fused-ring (bicyclic) bond motifs is 1. The van der Waals surface area contributed by atoms with Crippen molar-refractivity contribution in [3.05, 3.63) is 65.7 Å². The molecule has 0 bridgehead atoms. The summed E-state index contributed by atoms with van der Waals surface area (Å²) in [4.78, 5) is 12.4. The normalized spacial score (nSPS) is 10.5. The Labute approximate surface area is 138 Å². The second kappa shape index (κ2) is 6.40. The number of carbonyl (C=O) groups excluding carboxylic acids is 1. The lowest BCUT2D eigenvalue weighted by atomic mass is 10.1. The molecule has 0 aliphatic carbocycles. The van der Waals surface area contributed by atoms with Crippen LogP contribution in [-0.2, 0) is 13.6 Å². The van der Waals surface area contributed by atoms with E-state index in [1.807, 2.05) is 42.8 Å². The highest BCUT2D eigenvalue weighted by Gasteiger charge is 2.21. The van der Waals surface area contributed by atoms with Gasteiger partial charge in [-0.1, -0.05) is 12.1 Å². The van der Waals surface area contributed by atoms with Crippen molar-refractivity contribution >= 4 is 33.8 Å². The van der Waals surface area contributed by atoms with Gasteiger partial charge in [-0.25, -0.2) is 13.5 Å². The zero-order chi connectivity index (χ0) is 15.0. The van der Waals surface area contributed by atoms with E-state index in [-0.39, 0.29) is 35.1 Å². The average molecular weight is 364 g/mol. The maximum Gasteiger partial charge on any atom is 0.254 e. The first-order valence-electron chi connectivity index (χ1n) is 6.80. The average Bonchev–Trinajstić information content (AvgIpc) is 2.73. The second-order valence-electron chi connectivity index (χ2n) is 5.11. The highest BCUT2D eigenvalue weighted by atomic mass is 79.9. The van der Waals surface area contributed by atoms with Crippen LogP contribution in [0.4, 0.5) is 4.39 Å². The molecule has 114 valence electrons. The van der Waals surface area contributed by atoms with Gasteiger partial charge in [-0.3, -0.25) is 4.79 Å². The van der Waals surface area contributed by atoms with Gasteiger partial charge in [0.2, 0.25) is 5.78 Å². The number of hydrogen-bond donors (Lipinski definition) is 0. The molecule has 0 aliphatic rings. The molecular formula is C17H17BrFN2O+. The van der Waals surface area contributed by atoms with Crippen LogP contribution >= 0.6 is 17.0 Å². The summed E-state index contributed by atoms with van der Waals surface area (Å²) < 4.78 is 17.0. The molecule has 0 amide bonds. The van der Waals surface area contributed by atoms with Gasteiger partial charge in [-0.15, -0.1) is 17.0 Å². The Kier molecular flexibility index (Phi) is 4.76. The van der Waals surface area contributed by atoms with Crippen LogP contribution in [0.1, 0.15) is 16.2 Å². The first kappa shape index (κ1) is 16.4. The van der Waals surface area contributed by atoms with Gasteiger partial charge in [0.15, 0.2) is 17.6 Å². The van der Waals surface area contributed by atoms with Gasteiger partial charge in [-0.2, -0.15) is 0 Å². The predicted octanol–water partition coefficient (Wildman–Crippen LogP) is 3.37. The Bertz CT molecular complexity index is 825. The number of carbonyl (C=O) groups is 1. The SMILES string of the molecule is Br.Cc1n(CC(=O)c2ccc(F)cc2)c2ccccc2[n+]1C. The molecule has 0 saturated heterocycles. The molecule has 0 N–H and O–H groups in total. The standard InChI is InChI=1S/C17H16FN2O.BrH/c1-12-19(2)15-5-3-4-6-16(15)20(12)11-17(21)13-7-9-14(18)10-8-13;/h3-10H,11H2,1-2H3;1H/q+1;. The van der Waals surface area contributed by atoms with E-state index < -0.39 is 0 Å². The largest absolute Gasteiger partial charge is 0.290 e. The summed E-state index contributed by atoms with van der Waals surface area (Å²) in [5.74, 6) is 0.645. The first-order valence-corrected chi connectivity index (χ1v) is 6.80.